The number of hydrogen-bond donors (Lipinski definition) is 0. The second kappa shape index (κ2) is 26.8. The van der Waals surface area contributed by atoms with Gasteiger partial charge in [0.15, 0.2) is 0 Å². The van der Waals surface area contributed by atoms with Crippen LogP contribution in [0.15, 0.2) is 50.6 Å². The monoisotopic (exact) mass is 332 g/mol. The predicted molar refractivity (Wildman–Crippen MR) is 115 cm³/mol. The molecule has 0 spiro atoms. The van der Waals surface area contributed by atoms with Crippen LogP contribution in [0.4, 0.5) is 0 Å². The van der Waals surface area contributed by atoms with Gasteiger partial charge in [-0.05, 0) is 51.4 Å². The molecular formula is C24H44. The third kappa shape index (κ3) is 29.0. The summed E-state index contributed by atoms with van der Waals surface area (Å²) in [6.07, 6.45) is 29.2. The van der Waals surface area contributed by atoms with Gasteiger partial charge < -0.3 is 0 Å². The standard InChI is InChI=1S/C14H26.C10H18/c1-3-5-7-9-11-13-14-12-10-8-6-4-2;1-3-5-7-9-10-8-6-4-2/h3-4H,1-2,5-14H2;3-4H,1-2,5-10H2. The molecule has 140 valence electrons. The van der Waals surface area contributed by atoms with Crippen molar-refractivity contribution in [1.29, 1.82) is 0 Å². The summed E-state index contributed by atoms with van der Waals surface area (Å²) in [4.78, 5) is 0. The molecule has 0 aliphatic heterocycles. The Morgan fingerprint density at radius 1 is 0.292 bits per heavy atom. The van der Waals surface area contributed by atoms with Crippen LogP contribution in [-0.2, 0) is 0 Å². The van der Waals surface area contributed by atoms with E-state index in [9.17, 15) is 0 Å². The molecule has 0 aromatic rings. The Morgan fingerprint density at radius 2 is 0.458 bits per heavy atom. The van der Waals surface area contributed by atoms with Crippen LogP contribution in [-0.4, -0.2) is 0 Å². The highest BCUT2D eigenvalue weighted by Crippen LogP contribution is 2.10. The Hall–Kier alpha value is -1.04. The van der Waals surface area contributed by atoms with E-state index in [4.69, 9.17) is 0 Å². The Morgan fingerprint density at radius 3 is 0.625 bits per heavy atom. The minimum Gasteiger partial charge on any atom is -0.103 e. The minimum absolute atomic E-state index is 1.17. The maximum atomic E-state index is 3.73. The van der Waals surface area contributed by atoms with Gasteiger partial charge in [-0.15, -0.1) is 26.3 Å². The fourth-order valence-electron chi connectivity index (χ4n) is 2.57. The van der Waals surface area contributed by atoms with Gasteiger partial charge in [-0.2, -0.15) is 0 Å². The van der Waals surface area contributed by atoms with E-state index in [0.717, 1.165) is 0 Å². The summed E-state index contributed by atoms with van der Waals surface area (Å²) in [5, 5.41) is 0. The SMILES string of the molecule is C=CCCCCCCC=C.C=CCCCCCCCCCCC=C. The van der Waals surface area contributed by atoms with Gasteiger partial charge in [-0.3, -0.25) is 0 Å². The lowest BCUT2D eigenvalue weighted by atomic mass is 10.1. The van der Waals surface area contributed by atoms with Crippen molar-refractivity contribution in [3.63, 3.8) is 0 Å². The van der Waals surface area contributed by atoms with Gasteiger partial charge in [0, 0.05) is 0 Å². The van der Waals surface area contributed by atoms with E-state index in [-0.39, 0.29) is 0 Å². The van der Waals surface area contributed by atoms with Gasteiger partial charge in [0.25, 0.3) is 0 Å². The molecule has 0 unspecified atom stereocenters. The Kier molecular flexibility index (Phi) is 28.2. The molecule has 0 saturated heterocycles. The molecule has 24 heavy (non-hydrogen) atoms. The molecule has 0 saturated carbocycles. The topological polar surface area (TPSA) is 0 Å². The maximum absolute atomic E-state index is 3.73. The quantitative estimate of drug-likeness (QED) is 0.173. The minimum atomic E-state index is 1.17. The van der Waals surface area contributed by atoms with Crippen molar-refractivity contribution in [1.82, 2.24) is 0 Å². The summed E-state index contributed by atoms with van der Waals surface area (Å²) >= 11 is 0. The molecular weight excluding hydrogens is 288 g/mol. The molecule has 0 bridgehead atoms. The molecule has 0 atom stereocenters. The second-order valence-corrected chi connectivity index (χ2v) is 6.55. The van der Waals surface area contributed by atoms with Gasteiger partial charge in [0.2, 0.25) is 0 Å². The molecule has 0 aliphatic rings. The average Bonchev–Trinajstić information content (AvgIpc) is 2.60. The highest BCUT2D eigenvalue weighted by atomic mass is 14.0. The third-order valence-electron chi connectivity index (χ3n) is 4.13. The molecule has 0 aromatic carbocycles. The van der Waals surface area contributed by atoms with Crippen LogP contribution in [0.2, 0.25) is 0 Å². The zero-order valence-electron chi connectivity index (χ0n) is 16.5. The van der Waals surface area contributed by atoms with E-state index < -0.39 is 0 Å². The number of allylic oxidation sites excluding steroid dienone is 4. The van der Waals surface area contributed by atoms with E-state index in [1.165, 1.54) is 103 Å². The Bertz CT molecular complexity index is 233. The van der Waals surface area contributed by atoms with E-state index in [0.29, 0.717) is 0 Å². The molecule has 0 heteroatoms. The molecule has 0 amide bonds. The zero-order valence-corrected chi connectivity index (χ0v) is 16.5. The summed E-state index contributed by atoms with van der Waals surface area (Å²) < 4.78 is 0. The molecule has 0 fully saturated rings. The van der Waals surface area contributed by atoms with Crippen LogP contribution in [0.1, 0.15) is 103 Å². The van der Waals surface area contributed by atoms with E-state index in [1.54, 1.807) is 0 Å². The van der Waals surface area contributed by atoms with Gasteiger partial charge in [0.1, 0.15) is 0 Å². The lowest BCUT2D eigenvalue weighted by molar-refractivity contribution is 0.571. The van der Waals surface area contributed by atoms with Gasteiger partial charge in [-0.1, -0.05) is 75.7 Å². The first-order valence-electron chi connectivity index (χ1n) is 10.3. The molecule has 0 radical (unpaired) electrons. The fourth-order valence-corrected chi connectivity index (χ4v) is 2.57. The van der Waals surface area contributed by atoms with Crippen molar-refractivity contribution >= 4 is 0 Å². The van der Waals surface area contributed by atoms with Gasteiger partial charge in [0.05, 0.1) is 0 Å². The highest BCUT2D eigenvalue weighted by molar-refractivity contribution is 4.68. The lowest BCUT2D eigenvalue weighted by Gasteiger charge is -2.00. The molecule has 0 rings (SSSR count). The Balaban J connectivity index is 0. The van der Waals surface area contributed by atoms with Crippen LogP contribution in [0.25, 0.3) is 0 Å². The normalized spacial score (nSPS) is 9.67. The zero-order chi connectivity index (χ0) is 18.1. The van der Waals surface area contributed by atoms with Crippen molar-refractivity contribution in [2.45, 2.75) is 103 Å². The average molecular weight is 333 g/mol. The van der Waals surface area contributed by atoms with E-state index in [1.807, 2.05) is 24.3 Å². The molecule has 0 nitrogen and oxygen atoms in total. The largest absolute Gasteiger partial charge is 0.103 e. The summed E-state index contributed by atoms with van der Waals surface area (Å²) in [6, 6.07) is 0. The molecule has 0 N–H and O–H groups in total. The highest BCUT2D eigenvalue weighted by Gasteiger charge is 1.90. The first-order chi connectivity index (χ1) is 11.8. The van der Waals surface area contributed by atoms with Crippen molar-refractivity contribution in [2.75, 3.05) is 0 Å². The van der Waals surface area contributed by atoms with Crippen LogP contribution in [0.3, 0.4) is 0 Å². The van der Waals surface area contributed by atoms with Crippen molar-refractivity contribution in [3.8, 4) is 0 Å². The van der Waals surface area contributed by atoms with Gasteiger partial charge >= 0.3 is 0 Å². The first-order valence-corrected chi connectivity index (χ1v) is 10.3. The summed E-state index contributed by atoms with van der Waals surface area (Å²) in [6.45, 7) is 14.8. The number of hydrogen-bond acceptors (Lipinski definition) is 0. The summed E-state index contributed by atoms with van der Waals surface area (Å²) in [7, 11) is 0. The molecule has 0 heterocycles. The van der Waals surface area contributed by atoms with Crippen LogP contribution in [0, 0.1) is 0 Å². The number of rotatable bonds is 18. The molecule has 0 aromatic heterocycles. The fraction of sp³-hybridized carbons (Fsp3) is 0.667. The first kappa shape index (κ1) is 25.2. The lowest BCUT2D eigenvalue weighted by Crippen LogP contribution is -1.80. The predicted octanol–water partition coefficient (Wildman–Crippen LogP) is 8.96. The van der Waals surface area contributed by atoms with E-state index in [2.05, 4.69) is 26.3 Å². The number of unbranched alkanes of at least 4 members (excludes halogenated alkanes) is 14. The van der Waals surface area contributed by atoms with Gasteiger partial charge in [-0.25, -0.2) is 0 Å². The van der Waals surface area contributed by atoms with Crippen LogP contribution in [0.5, 0.6) is 0 Å². The van der Waals surface area contributed by atoms with Crippen LogP contribution >= 0.6 is 0 Å². The smallest absolute Gasteiger partial charge is 0.0353 e. The van der Waals surface area contributed by atoms with Crippen LogP contribution < -0.4 is 0 Å². The van der Waals surface area contributed by atoms with Crippen molar-refractivity contribution in [3.05, 3.63) is 50.6 Å². The Labute approximate surface area is 153 Å². The third-order valence-corrected chi connectivity index (χ3v) is 4.13. The maximum Gasteiger partial charge on any atom is -0.0353 e. The van der Waals surface area contributed by atoms with Crippen molar-refractivity contribution in [2.24, 2.45) is 0 Å². The summed E-state index contributed by atoms with van der Waals surface area (Å²) in [5.74, 6) is 0. The molecule has 0 aliphatic carbocycles. The summed E-state index contributed by atoms with van der Waals surface area (Å²) in [5.41, 5.74) is 0. The van der Waals surface area contributed by atoms with E-state index >= 15 is 0 Å². The second-order valence-electron chi connectivity index (χ2n) is 6.55. The van der Waals surface area contributed by atoms with Crippen molar-refractivity contribution < 1.29 is 0 Å².